The maximum Gasteiger partial charge on any atom is 0.236 e. The minimum atomic E-state index is 0.280. The Bertz CT molecular complexity index is 266. The lowest BCUT2D eigenvalue weighted by molar-refractivity contribution is -0.132. The van der Waals surface area contributed by atoms with Crippen LogP contribution in [0.25, 0.3) is 0 Å². The highest BCUT2D eigenvalue weighted by atomic mass is 16.2. The molecule has 0 spiro atoms. The van der Waals surface area contributed by atoms with Crippen LogP contribution in [0.1, 0.15) is 34.1 Å². The molecule has 1 aliphatic heterocycles. The van der Waals surface area contributed by atoms with E-state index >= 15 is 0 Å². The van der Waals surface area contributed by atoms with Gasteiger partial charge in [-0.05, 0) is 33.2 Å². The first-order chi connectivity index (χ1) is 8.43. The van der Waals surface area contributed by atoms with E-state index in [0.717, 1.165) is 26.1 Å². The minimum Gasteiger partial charge on any atom is -0.340 e. The number of carbonyl (C=O) groups is 1. The molecular formula is C14H29N3O. The molecule has 0 bridgehead atoms. The van der Waals surface area contributed by atoms with Gasteiger partial charge in [-0.2, -0.15) is 0 Å². The zero-order valence-corrected chi connectivity index (χ0v) is 12.6. The Morgan fingerprint density at radius 2 is 2.06 bits per heavy atom. The first-order valence-corrected chi connectivity index (χ1v) is 7.13. The molecule has 4 nitrogen and oxygen atoms in total. The number of rotatable bonds is 6. The molecule has 1 rings (SSSR count). The Kier molecular flexibility index (Phi) is 6.09. The molecule has 1 atom stereocenters. The van der Waals surface area contributed by atoms with Gasteiger partial charge in [-0.25, -0.2) is 0 Å². The molecule has 4 heteroatoms. The summed E-state index contributed by atoms with van der Waals surface area (Å²) in [5.41, 5.74) is 0. The average molecular weight is 255 g/mol. The molecule has 0 aromatic heterocycles. The number of hydrogen-bond donors (Lipinski definition) is 1. The van der Waals surface area contributed by atoms with Crippen molar-refractivity contribution in [3.05, 3.63) is 0 Å². The third-order valence-electron chi connectivity index (χ3n) is 3.62. The van der Waals surface area contributed by atoms with Crippen LogP contribution in [0.3, 0.4) is 0 Å². The Morgan fingerprint density at radius 1 is 1.39 bits per heavy atom. The summed E-state index contributed by atoms with van der Waals surface area (Å²) >= 11 is 0. The van der Waals surface area contributed by atoms with Gasteiger partial charge in [0, 0.05) is 31.7 Å². The van der Waals surface area contributed by atoms with Crippen molar-refractivity contribution in [1.29, 1.82) is 0 Å². The van der Waals surface area contributed by atoms with Gasteiger partial charge in [0.1, 0.15) is 0 Å². The summed E-state index contributed by atoms with van der Waals surface area (Å²) in [6.45, 7) is 12.0. The predicted molar refractivity (Wildman–Crippen MR) is 75.6 cm³/mol. The van der Waals surface area contributed by atoms with E-state index in [0.29, 0.717) is 24.5 Å². The van der Waals surface area contributed by atoms with Gasteiger partial charge in [0.15, 0.2) is 0 Å². The summed E-state index contributed by atoms with van der Waals surface area (Å²) in [5.74, 6) is 0.880. The number of likely N-dealkylation sites (tertiary alicyclic amines) is 1. The van der Waals surface area contributed by atoms with Crippen molar-refractivity contribution >= 4 is 5.91 Å². The maximum absolute atomic E-state index is 12.3. The summed E-state index contributed by atoms with van der Waals surface area (Å²) in [4.78, 5) is 16.5. The highest BCUT2D eigenvalue weighted by Crippen LogP contribution is 2.11. The Hall–Kier alpha value is -0.610. The number of amides is 1. The second-order valence-electron chi connectivity index (χ2n) is 6.03. The molecule has 1 N–H and O–H groups in total. The van der Waals surface area contributed by atoms with Crippen LogP contribution in [-0.4, -0.2) is 61.0 Å². The summed E-state index contributed by atoms with van der Waals surface area (Å²) in [6, 6.07) is 0.908. The first-order valence-electron chi connectivity index (χ1n) is 7.13. The summed E-state index contributed by atoms with van der Waals surface area (Å²) < 4.78 is 0. The van der Waals surface area contributed by atoms with E-state index < -0.39 is 0 Å². The van der Waals surface area contributed by atoms with E-state index in [4.69, 9.17) is 0 Å². The van der Waals surface area contributed by atoms with Crippen molar-refractivity contribution in [3.63, 3.8) is 0 Å². The first kappa shape index (κ1) is 15.4. The fraction of sp³-hybridized carbons (Fsp3) is 0.929. The SMILES string of the molecule is CNC1CCN(C(=O)CN(CC(C)C)C(C)C)C1. The monoisotopic (exact) mass is 255 g/mol. The number of hydrogen-bond acceptors (Lipinski definition) is 3. The van der Waals surface area contributed by atoms with Gasteiger partial charge >= 0.3 is 0 Å². The van der Waals surface area contributed by atoms with Crippen LogP contribution < -0.4 is 5.32 Å². The molecule has 1 heterocycles. The molecule has 0 aromatic rings. The van der Waals surface area contributed by atoms with Gasteiger partial charge in [-0.1, -0.05) is 13.8 Å². The smallest absolute Gasteiger partial charge is 0.236 e. The molecule has 0 radical (unpaired) electrons. The number of carbonyl (C=O) groups excluding carboxylic acids is 1. The highest BCUT2D eigenvalue weighted by molar-refractivity contribution is 5.78. The quantitative estimate of drug-likeness (QED) is 0.774. The Labute approximate surface area is 112 Å². The molecule has 0 saturated carbocycles. The number of likely N-dealkylation sites (N-methyl/N-ethyl adjacent to an activating group) is 1. The Balaban J connectivity index is 2.46. The van der Waals surface area contributed by atoms with Crippen LogP contribution in [0.2, 0.25) is 0 Å². The number of nitrogens with zero attached hydrogens (tertiary/aromatic N) is 2. The van der Waals surface area contributed by atoms with Gasteiger partial charge in [-0.3, -0.25) is 9.69 Å². The van der Waals surface area contributed by atoms with E-state index in [1.165, 1.54) is 0 Å². The summed E-state index contributed by atoms with van der Waals surface area (Å²) in [6.07, 6.45) is 1.08. The van der Waals surface area contributed by atoms with Crippen molar-refractivity contribution in [3.8, 4) is 0 Å². The molecule has 1 fully saturated rings. The van der Waals surface area contributed by atoms with Gasteiger partial charge in [-0.15, -0.1) is 0 Å². The normalized spacial score (nSPS) is 20.4. The van der Waals surface area contributed by atoms with Crippen LogP contribution in [0.5, 0.6) is 0 Å². The lowest BCUT2D eigenvalue weighted by Gasteiger charge is -2.29. The van der Waals surface area contributed by atoms with Crippen LogP contribution >= 0.6 is 0 Å². The van der Waals surface area contributed by atoms with Crippen molar-refractivity contribution in [2.75, 3.05) is 33.2 Å². The van der Waals surface area contributed by atoms with Gasteiger partial charge < -0.3 is 10.2 Å². The minimum absolute atomic E-state index is 0.280. The Morgan fingerprint density at radius 3 is 2.50 bits per heavy atom. The second-order valence-corrected chi connectivity index (χ2v) is 6.03. The second kappa shape index (κ2) is 7.10. The largest absolute Gasteiger partial charge is 0.340 e. The van der Waals surface area contributed by atoms with E-state index in [2.05, 4.69) is 37.9 Å². The highest BCUT2D eigenvalue weighted by Gasteiger charge is 2.26. The van der Waals surface area contributed by atoms with E-state index in [1.807, 2.05) is 11.9 Å². The predicted octanol–water partition coefficient (Wildman–Crippen LogP) is 1.17. The fourth-order valence-corrected chi connectivity index (χ4v) is 2.42. The molecule has 106 valence electrons. The van der Waals surface area contributed by atoms with E-state index in [-0.39, 0.29) is 5.91 Å². The van der Waals surface area contributed by atoms with Crippen molar-refractivity contribution < 1.29 is 4.79 Å². The summed E-state index contributed by atoms with van der Waals surface area (Å²) in [5, 5.41) is 3.25. The third kappa shape index (κ3) is 4.58. The van der Waals surface area contributed by atoms with Crippen molar-refractivity contribution in [2.24, 2.45) is 5.92 Å². The fourth-order valence-electron chi connectivity index (χ4n) is 2.42. The van der Waals surface area contributed by atoms with Gasteiger partial charge in [0.05, 0.1) is 6.54 Å². The van der Waals surface area contributed by atoms with Gasteiger partial charge in [0.2, 0.25) is 5.91 Å². The molecule has 1 saturated heterocycles. The molecule has 0 aromatic carbocycles. The van der Waals surface area contributed by atoms with E-state index in [1.54, 1.807) is 0 Å². The van der Waals surface area contributed by atoms with Crippen LogP contribution in [0.15, 0.2) is 0 Å². The van der Waals surface area contributed by atoms with Crippen LogP contribution in [0.4, 0.5) is 0 Å². The zero-order valence-electron chi connectivity index (χ0n) is 12.6. The molecular weight excluding hydrogens is 226 g/mol. The standard InChI is InChI=1S/C14H29N3O/c1-11(2)8-17(12(3)4)10-14(18)16-7-6-13(9-16)15-5/h11-13,15H,6-10H2,1-5H3. The molecule has 1 unspecified atom stereocenters. The lowest BCUT2D eigenvalue weighted by Crippen LogP contribution is -2.44. The average Bonchev–Trinajstić information content (AvgIpc) is 2.75. The third-order valence-corrected chi connectivity index (χ3v) is 3.62. The zero-order chi connectivity index (χ0) is 13.7. The maximum atomic E-state index is 12.3. The molecule has 1 amide bonds. The van der Waals surface area contributed by atoms with Gasteiger partial charge in [0.25, 0.3) is 0 Å². The number of nitrogens with one attached hydrogen (secondary N) is 1. The van der Waals surface area contributed by atoms with E-state index in [9.17, 15) is 4.79 Å². The molecule has 0 aliphatic carbocycles. The van der Waals surface area contributed by atoms with Crippen molar-refractivity contribution in [2.45, 2.75) is 46.2 Å². The lowest BCUT2D eigenvalue weighted by atomic mass is 10.2. The van der Waals surface area contributed by atoms with Crippen LogP contribution in [-0.2, 0) is 4.79 Å². The van der Waals surface area contributed by atoms with Crippen LogP contribution in [0, 0.1) is 5.92 Å². The summed E-state index contributed by atoms with van der Waals surface area (Å²) in [7, 11) is 1.97. The topological polar surface area (TPSA) is 35.6 Å². The molecule has 1 aliphatic rings. The molecule has 18 heavy (non-hydrogen) atoms. The van der Waals surface area contributed by atoms with Crippen molar-refractivity contribution in [1.82, 2.24) is 15.1 Å².